The van der Waals surface area contributed by atoms with Gasteiger partial charge in [-0.2, -0.15) is 4.98 Å². The lowest BCUT2D eigenvalue weighted by Gasteiger charge is -2.34. The highest BCUT2D eigenvalue weighted by Crippen LogP contribution is 2.24. The third-order valence-electron chi connectivity index (χ3n) is 6.78. The maximum Gasteiger partial charge on any atom is 0.407 e. The highest BCUT2D eigenvalue weighted by molar-refractivity contribution is 5.75. The maximum atomic E-state index is 13.5. The molecule has 1 N–H and O–H groups in total. The summed E-state index contributed by atoms with van der Waals surface area (Å²) in [5.41, 5.74) is 1.67. The summed E-state index contributed by atoms with van der Waals surface area (Å²) >= 11 is 0. The van der Waals surface area contributed by atoms with E-state index in [1.165, 1.54) is 11.6 Å². The van der Waals surface area contributed by atoms with Gasteiger partial charge in [0, 0.05) is 39.3 Å². The van der Waals surface area contributed by atoms with Gasteiger partial charge in [0.1, 0.15) is 5.60 Å². The normalized spacial score (nSPS) is 15.8. The number of rotatable bonds is 7. The lowest BCUT2D eigenvalue weighted by Crippen LogP contribution is -2.49. The molecule has 0 bridgehead atoms. The van der Waals surface area contributed by atoms with Gasteiger partial charge in [0.05, 0.1) is 0 Å². The van der Waals surface area contributed by atoms with Crippen LogP contribution in [0.5, 0.6) is 0 Å². The van der Waals surface area contributed by atoms with Gasteiger partial charge in [0.2, 0.25) is 5.95 Å². The van der Waals surface area contributed by atoms with Crippen molar-refractivity contribution in [1.29, 1.82) is 0 Å². The quantitative estimate of drug-likeness (QED) is 0.463. The molecule has 1 aliphatic rings. The van der Waals surface area contributed by atoms with Crippen molar-refractivity contribution in [2.75, 3.05) is 18.0 Å². The average molecular weight is 537 g/mol. The summed E-state index contributed by atoms with van der Waals surface area (Å²) in [5, 5.41) is 2.99. The van der Waals surface area contributed by atoms with Crippen molar-refractivity contribution >= 4 is 23.2 Å². The van der Waals surface area contributed by atoms with Crippen molar-refractivity contribution in [3.8, 4) is 0 Å². The Balaban J connectivity index is 1.75. The van der Waals surface area contributed by atoms with Crippen LogP contribution in [0.25, 0.3) is 11.2 Å². The van der Waals surface area contributed by atoms with Gasteiger partial charge in [-0.05, 0) is 59.4 Å². The molecule has 1 aromatic carbocycles. The molecule has 0 radical (unpaired) electrons. The number of benzene rings is 1. The zero-order valence-electron chi connectivity index (χ0n) is 23.9. The topological polar surface area (TPSA) is 103 Å². The van der Waals surface area contributed by atoms with Crippen LogP contribution in [0.15, 0.2) is 51.6 Å². The molecule has 1 unspecified atom stereocenters. The molecule has 4 rings (SSSR count). The Bertz CT molecular complexity index is 1470. The summed E-state index contributed by atoms with van der Waals surface area (Å²) in [5.74, 6) is 0.620. The van der Waals surface area contributed by atoms with Crippen molar-refractivity contribution in [3.63, 3.8) is 0 Å². The van der Waals surface area contributed by atoms with Gasteiger partial charge >= 0.3 is 11.8 Å². The number of allylic oxidation sites excluding steroid dienone is 2. The van der Waals surface area contributed by atoms with Crippen LogP contribution in [-0.2, 0) is 31.3 Å². The van der Waals surface area contributed by atoms with Gasteiger partial charge in [-0.1, -0.05) is 42.0 Å². The van der Waals surface area contributed by atoms with E-state index in [-0.39, 0.29) is 17.3 Å². The molecule has 2 aromatic heterocycles. The van der Waals surface area contributed by atoms with E-state index in [2.05, 4.69) is 10.2 Å². The average Bonchev–Trinajstić information content (AvgIpc) is 3.25. The maximum absolute atomic E-state index is 13.5. The number of hydrogen-bond acceptors (Lipinski definition) is 6. The van der Waals surface area contributed by atoms with Crippen LogP contribution in [0, 0.1) is 0 Å². The van der Waals surface area contributed by atoms with Crippen molar-refractivity contribution in [2.45, 2.75) is 78.6 Å². The molecule has 3 heterocycles. The van der Waals surface area contributed by atoms with Gasteiger partial charge < -0.3 is 19.5 Å². The minimum Gasteiger partial charge on any atom is -0.444 e. The summed E-state index contributed by atoms with van der Waals surface area (Å²) in [7, 11) is 1.52. The molecule has 10 nitrogen and oxygen atoms in total. The summed E-state index contributed by atoms with van der Waals surface area (Å²) in [6, 6.07) is 9.81. The van der Waals surface area contributed by atoms with E-state index in [0.29, 0.717) is 43.2 Å². The molecule has 1 saturated heterocycles. The Morgan fingerprint density at radius 1 is 1.15 bits per heavy atom. The Labute approximate surface area is 228 Å². The van der Waals surface area contributed by atoms with Gasteiger partial charge in [-0.3, -0.25) is 13.9 Å². The Hall–Kier alpha value is -3.82. The lowest BCUT2D eigenvalue weighted by molar-refractivity contribution is 0.0499. The number of nitrogens with zero attached hydrogens (tertiary/aromatic N) is 5. The van der Waals surface area contributed by atoms with E-state index in [1.807, 2.05) is 75.6 Å². The number of alkyl carbamates (subject to hydrolysis) is 1. The van der Waals surface area contributed by atoms with Crippen molar-refractivity contribution in [3.05, 3.63) is 68.4 Å². The summed E-state index contributed by atoms with van der Waals surface area (Å²) in [4.78, 5) is 46.2. The number of aromatic nitrogens is 4. The van der Waals surface area contributed by atoms with Crippen LogP contribution < -0.4 is 21.5 Å². The van der Waals surface area contributed by atoms with E-state index in [4.69, 9.17) is 9.72 Å². The Morgan fingerprint density at radius 3 is 2.54 bits per heavy atom. The zero-order chi connectivity index (χ0) is 28.3. The molecule has 0 aliphatic carbocycles. The number of carbonyl (C=O) groups excluding carboxylic acids is 1. The fraction of sp³-hybridized carbons (Fsp3) is 0.517. The Kier molecular flexibility index (Phi) is 8.32. The number of fused-ring (bicyclic) bond motifs is 1. The fourth-order valence-corrected chi connectivity index (χ4v) is 4.87. The number of hydrogen-bond donors (Lipinski definition) is 1. The zero-order valence-corrected chi connectivity index (χ0v) is 23.9. The van der Waals surface area contributed by atoms with E-state index in [0.717, 1.165) is 30.5 Å². The largest absolute Gasteiger partial charge is 0.444 e. The van der Waals surface area contributed by atoms with Crippen LogP contribution in [0.2, 0.25) is 0 Å². The fourth-order valence-electron chi connectivity index (χ4n) is 4.87. The smallest absolute Gasteiger partial charge is 0.407 e. The second-order valence-electron chi connectivity index (χ2n) is 11.4. The van der Waals surface area contributed by atoms with Crippen LogP contribution in [0.1, 0.15) is 53.0 Å². The first-order valence-electron chi connectivity index (χ1n) is 13.6. The second kappa shape index (κ2) is 11.5. The standard InChI is InChI=1S/C29H40N6O4/c1-20(2)14-17-34-23-24(35(28(38)32(6)25(23)36)18-15-21-11-8-7-9-12-21)31-26(34)33-16-10-13-22(19-33)30-27(37)39-29(3,4)5/h7-9,11-12,14,22H,10,13,15-19H2,1-6H3,(H,30,37). The molecule has 10 heteroatoms. The van der Waals surface area contributed by atoms with Crippen molar-refractivity contribution in [1.82, 2.24) is 24.0 Å². The number of imidazole rings is 1. The number of piperidine rings is 1. The van der Waals surface area contributed by atoms with Gasteiger partial charge in [-0.25, -0.2) is 9.59 Å². The number of amides is 1. The first-order chi connectivity index (χ1) is 18.4. The van der Waals surface area contributed by atoms with Crippen LogP contribution in [-0.4, -0.2) is 49.5 Å². The minimum atomic E-state index is -0.583. The number of ether oxygens (including phenoxy) is 1. The lowest BCUT2D eigenvalue weighted by atomic mass is 10.1. The van der Waals surface area contributed by atoms with Gasteiger partial charge in [-0.15, -0.1) is 0 Å². The molecule has 3 aromatic rings. The molecule has 39 heavy (non-hydrogen) atoms. The molecule has 1 atom stereocenters. The first-order valence-corrected chi connectivity index (χ1v) is 13.6. The molecular weight excluding hydrogens is 496 g/mol. The minimum absolute atomic E-state index is 0.131. The number of nitrogens with one attached hydrogen (secondary N) is 1. The molecule has 210 valence electrons. The van der Waals surface area contributed by atoms with E-state index in [9.17, 15) is 14.4 Å². The Morgan fingerprint density at radius 2 is 1.87 bits per heavy atom. The molecular formula is C29H40N6O4. The van der Waals surface area contributed by atoms with Crippen LogP contribution in [0.4, 0.5) is 10.7 Å². The van der Waals surface area contributed by atoms with Gasteiger partial charge in [0.25, 0.3) is 5.56 Å². The SMILES string of the molecule is CC(C)=CCn1c(N2CCCC(NC(=O)OC(C)(C)C)C2)nc2c1c(=O)n(C)c(=O)n2CCc1ccccc1. The molecule has 0 saturated carbocycles. The number of aryl methyl sites for hydroxylation is 2. The third kappa shape index (κ3) is 6.61. The molecule has 0 spiro atoms. The summed E-state index contributed by atoms with van der Waals surface area (Å²) in [6.45, 7) is 11.6. The molecule has 1 amide bonds. The second-order valence-corrected chi connectivity index (χ2v) is 11.4. The van der Waals surface area contributed by atoms with Crippen molar-refractivity contribution in [2.24, 2.45) is 7.05 Å². The van der Waals surface area contributed by atoms with E-state index >= 15 is 0 Å². The highest BCUT2D eigenvalue weighted by Gasteiger charge is 2.29. The number of anilines is 1. The summed E-state index contributed by atoms with van der Waals surface area (Å²) in [6.07, 6.45) is 3.88. The number of carbonyl (C=O) groups is 1. The van der Waals surface area contributed by atoms with Crippen LogP contribution in [0.3, 0.4) is 0 Å². The third-order valence-corrected chi connectivity index (χ3v) is 6.78. The predicted molar refractivity (Wildman–Crippen MR) is 153 cm³/mol. The van der Waals surface area contributed by atoms with E-state index < -0.39 is 11.7 Å². The first kappa shape index (κ1) is 28.2. The highest BCUT2D eigenvalue weighted by atomic mass is 16.6. The van der Waals surface area contributed by atoms with E-state index in [1.54, 1.807) is 4.57 Å². The van der Waals surface area contributed by atoms with Crippen molar-refractivity contribution < 1.29 is 9.53 Å². The van der Waals surface area contributed by atoms with Gasteiger partial charge in [0.15, 0.2) is 11.2 Å². The van der Waals surface area contributed by atoms with Crippen LogP contribution >= 0.6 is 0 Å². The molecule has 1 aliphatic heterocycles. The summed E-state index contributed by atoms with van der Waals surface area (Å²) < 4.78 is 10.1. The predicted octanol–water partition coefficient (Wildman–Crippen LogP) is 3.60. The molecule has 1 fully saturated rings. The monoisotopic (exact) mass is 536 g/mol.